The van der Waals surface area contributed by atoms with Gasteiger partial charge in [-0.15, -0.1) is 11.3 Å². The number of benzene rings is 1. The Morgan fingerprint density at radius 1 is 1.19 bits per heavy atom. The molecule has 0 saturated carbocycles. The van der Waals surface area contributed by atoms with Crippen LogP contribution >= 0.6 is 27.3 Å². The first kappa shape index (κ1) is 15.3. The SMILES string of the molecule is N#CC1=C(c2ccc(Br)s2)Nc2n[nH]cc2C1c1cccc2nonc12. The van der Waals surface area contributed by atoms with E-state index in [2.05, 4.69) is 47.8 Å². The molecule has 1 aliphatic heterocycles. The van der Waals surface area contributed by atoms with Gasteiger partial charge in [-0.3, -0.25) is 5.10 Å². The first-order chi connectivity index (χ1) is 12.8. The molecule has 7 nitrogen and oxygen atoms in total. The number of fused-ring (bicyclic) bond motifs is 2. The van der Waals surface area contributed by atoms with Crippen LogP contribution in [-0.4, -0.2) is 20.5 Å². The van der Waals surface area contributed by atoms with Crippen molar-refractivity contribution in [1.29, 1.82) is 5.26 Å². The number of H-pyrrole nitrogens is 1. The standard InChI is InChI=1S/C17H9BrN6OS/c18-13-5-4-12(26-13)16-9(6-19)14(10-7-20-22-17(10)21-16)8-2-1-3-11-15(8)24-25-23-11/h1-5,7,14H,(H2,20,21,22). The minimum atomic E-state index is -0.318. The molecule has 0 radical (unpaired) electrons. The lowest BCUT2D eigenvalue weighted by atomic mass is 9.82. The minimum absolute atomic E-state index is 0.318. The van der Waals surface area contributed by atoms with E-state index < -0.39 is 0 Å². The number of hydrogen-bond acceptors (Lipinski definition) is 7. The Labute approximate surface area is 159 Å². The van der Waals surface area contributed by atoms with Crippen molar-refractivity contribution in [2.75, 3.05) is 5.32 Å². The Kier molecular flexibility index (Phi) is 3.41. The number of aromatic nitrogens is 4. The highest BCUT2D eigenvalue weighted by Crippen LogP contribution is 2.45. The molecule has 0 fully saturated rings. The summed E-state index contributed by atoms with van der Waals surface area (Å²) < 4.78 is 5.90. The summed E-state index contributed by atoms with van der Waals surface area (Å²) in [5.41, 5.74) is 4.40. The van der Waals surface area contributed by atoms with E-state index in [9.17, 15) is 5.26 Å². The zero-order valence-electron chi connectivity index (χ0n) is 13.0. The lowest BCUT2D eigenvalue weighted by Gasteiger charge is -2.25. The maximum Gasteiger partial charge on any atom is 0.156 e. The van der Waals surface area contributed by atoms with Gasteiger partial charge in [0.05, 0.1) is 31.9 Å². The molecule has 0 bridgehead atoms. The number of thiophene rings is 1. The van der Waals surface area contributed by atoms with Crippen LogP contribution in [0, 0.1) is 11.3 Å². The van der Waals surface area contributed by atoms with Gasteiger partial charge in [0.2, 0.25) is 0 Å². The van der Waals surface area contributed by atoms with E-state index in [0.717, 1.165) is 25.5 Å². The normalized spacial score (nSPS) is 16.4. The van der Waals surface area contributed by atoms with Crippen molar-refractivity contribution in [3.63, 3.8) is 0 Å². The fourth-order valence-corrected chi connectivity index (χ4v) is 4.65. The van der Waals surface area contributed by atoms with Crippen LogP contribution in [0.5, 0.6) is 0 Å². The van der Waals surface area contributed by atoms with E-state index in [0.29, 0.717) is 22.4 Å². The lowest BCUT2D eigenvalue weighted by molar-refractivity contribution is 0.315. The highest BCUT2D eigenvalue weighted by atomic mass is 79.9. The fourth-order valence-electron chi connectivity index (χ4n) is 3.25. The fraction of sp³-hybridized carbons (Fsp3) is 0.0588. The molecule has 0 amide bonds. The van der Waals surface area contributed by atoms with Crippen molar-refractivity contribution < 1.29 is 4.63 Å². The molecule has 3 aromatic heterocycles. The van der Waals surface area contributed by atoms with Crippen molar-refractivity contribution in [3.8, 4) is 6.07 Å². The first-order valence-corrected chi connectivity index (χ1v) is 9.29. The van der Waals surface area contributed by atoms with Gasteiger partial charge in [0.25, 0.3) is 0 Å². The van der Waals surface area contributed by atoms with Crippen LogP contribution in [0.15, 0.2) is 50.5 Å². The second-order valence-electron chi connectivity index (χ2n) is 5.73. The molecule has 0 saturated heterocycles. The molecule has 0 spiro atoms. The van der Waals surface area contributed by atoms with E-state index in [-0.39, 0.29) is 5.92 Å². The van der Waals surface area contributed by atoms with E-state index >= 15 is 0 Å². The second kappa shape index (κ2) is 5.79. The van der Waals surface area contributed by atoms with Crippen LogP contribution < -0.4 is 5.32 Å². The van der Waals surface area contributed by atoms with Crippen LogP contribution in [0.4, 0.5) is 5.82 Å². The number of nitrogens with zero attached hydrogens (tertiary/aromatic N) is 4. The molecule has 1 aromatic carbocycles. The van der Waals surface area contributed by atoms with Gasteiger partial charge < -0.3 is 5.32 Å². The number of halogens is 1. The van der Waals surface area contributed by atoms with Gasteiger partial charge in [0.1, 0.15) is 11.0 Å². The van der Waals surface area contributed by atoms with Crippen LogP contribution in [-0.2, 0) is 0 Å². The Balaban J connectivity index is 1.80. The molecule has 0 aliphatic carbocycles. The largest absolute Gasteiger partial charge is 0.336 e. The Morgan fingerprint density at radius 2 is 2.12 bits per heavy atom. The van der Waals surface area contributed by atoms with Crippen LogP contribution in [0.25, 0.3) is 16.7 Å². The highest BCUT2D eigenvalue weighted by molar-refractivity contribution is 9.11. The van der Waals surface area contributed by atoms with E-state index in [4.69, 9.17) is 4.63 Å². The molecule has 1 unspecified atom stereocenters. The van der Waals surface area contributed by atoms with Crippen LogP contribution in [0.1, 0.15) is 21.9 Å². The molecule has 5 rings (SSSR count). The van der Waals surface area contributed by atoms with Gasteiger partial charge >= 0.3 is 0 Å². The number of aromatic amines is 1. The number of anilines is 1. The van der Waals surface area contributed by atoms with E-state index in [1.807, 2.05) is 30.3 Å². The molecule has 4 heterocycles. The third-order valence-electron chi connectivity index (χ3n) is 4.35. The molecular formula is C17H9BrN6OS. The van der Waals surface area contributed by atoms with Crippen molar-refractivity contribution in [2.24, 2.45) is 0 Å². The number of nitrogens with one attached hydrogen (secondary N) is 2. The smallest absolute Gasteiger partial charge is 0.156 e. The second-order valence-corrected chi connectivity index (χ2v) is 8.19. The monoisotopic (exact) mass is 424 g/mol. The van der Waals surface area contributed by atoms with Crippen LogP contribution in [0.3, 0.4) is 0 Å². The summed E-state index contributed by atoms with van der Waals surface area (Å²) in [5, 5.41) is 28.5. The van der Waals surface area contributed by atoms with Gasteiger partial charge in [-0.25, -0.2) is 4.63 Å². The number of nitriles is 1. The average Bonchev–Trinajstić information content (AvgIpc) is 3.39. The molecule has 2 N–H and O–H groups in total. The molecule has 26 heavy (non-hydrogen) atoms. The highest BCUT2D eigenvalue weighted by Gasteiger charge is 2.34. The van der Waals surface area contributed by atoms with Gasteiger partial charge in [-0.1, -0.05) is 12.1 Å². The van der Waals surface area contributed by atoms with Gasteiger partial charge in [0.15, 0.2) is 5.82 Å². The maximum absolute atomic E-state index is 10.0. The summed E-state index contributed by atoms with van der Waals surface area (Å²) in [7, 11) is 0. The Hall–Kier alpha value is -2.96. The third kappa shape index (κ3) is 2.20. The average molecular weight is 425 g/mol. The summed E-state index contributed by atoms with van der Waals surface area (Å²) in [6.07, 6.45) is 1.80. The lowest BCUT2D eigenvalue weighted by Crippen LogP contribution is -2.16. The predicted molar refractivity (Wildman–Crippen MR) is 100 cm³/mol. The zero-order chi connectivity index (χ0) is 17.7. The first-order valence-electron chi connectivity index (χ1n) is 7.68. The molecule has 4 aromatic rings. The van der Waals surface area contributed by atoms with Crippen molar-refractivity contribution >= 4 is 49.8 Å². The number of rotatable bonds is 2. The summed E-state index contributed by atoms with van der Waals surface area (Å²) in [4.78, 5) is 0.956. The predicted octanol–water partition coefficient (Wildman–Crippen LogP) is 4.26. The summed E-state index contributed by atoms with van der Waals surface area (Å²) in [6, 6.07) is 12.0. The topological polar surface area (TPSA) is 103 Å². The number of allylic oxidation sites excluding steroid dienone is 1. The Bertz CT molecular complexity index is 1210. The summed E-state index contributed by atoms with van der Waals surface area (Å²) >= 11 is 5.04. The van der Waals surface area contributed by atoms with Gasteiger partial charge in [-0.2, -0.15) is 10.4 Å². The molecule has 1 aliphatic rings. The molecular weight excluding hydrogens is 416 g/mol. The Morgan fingerprint density at radius 3 is 2.92 bits per heavy atom. The van der Waals surface area contributed by atoms with E-state index in [1.54, 1.807) is 17.5 Å². The van der Waals surface area contributed by atoms with Crippen molar-refractivity contribution in [3.05, 3.63) is 61.9 Å². The zero-order valence-corrected chi connectivity index (χ0v) is 15.4. The summed E-state index contributed by atoms with van der Waals surface area (Å²) in [5.74, 6) is 0.378. The van der Waals surface area contributed by atoms with Crippen LogP contribution in [0.2, 0.25) is 0 Å². The molecule has 1 atom stereocenters. The minimum Gasteiger partial charge on any atom is -0.336 e. The van der Waals surface area contributed by atoms with Crippen molar-refractivity contribution in [1.82, 2.24) is 20.5 Å². The van der Waals surface area contributed by atoms with Gasteiger partial charge in [0, 0.05) is 11.8 Å². The van der Waals surface area contributed by atoms with E-state index in [1.165, 1.54) is 0 Å². The maximum atomic E-state index is 10.0. The van der Waals surface area contributed by atoms with Crippen molar-refractivity contribution in [2.45, 2.75) is 5.92 Å². The number of hydrogen-bond donors (Lipinski definition) is 2. The van der Waals surface area contributed by atoms with Gasteiger partial charge in [-0.05, 0) is 50.0 Å². The summed E-state index contributed by atoms with van der Waals surface area (Å²) in [6.45, 7) is 0. The third-order valence-corrected chi connectivity index (χ3v) is 5.99. The molecule has 126 valence electrons. The quantitative estimate of drug-likeness (QED) is 0.498. The molecule has 9 heteroatoms.